The topological polar surface area (TPSA) is 75.3 Å². The van der Waals surface area contributed by atoms with Crippen LogP contribution >= 0.6 is 11.6 Å². The lowest BCUT2D eigenvalue weighted by Gasteiger charge is -2.15. The Balaban J connectivity index is 2.09. The van der Waals surface area contributed by atoms with Crippen LogP contribution in [0, 0.1) is 12.7 Å². The zero-order chi connectivity index (χ0) is 17.9. The minimum absolute atomic E-state index is 0.119. The van der Waals surface area contributed by atoms with E-state index in [9.17, 15) is 17.6 Å². The second kappa shape index (κ2) is 7.29. The highest BCUT2D eigenvalue weighted by Crippen LogP contribution is 2.20. The summed E-state index contributed by atoms with van der Waals surface area (Å²) in [6, 6.07) is 8.26. The first-order chi connectivity index (χ1) is 11.2. The van der Waals surface area contributed by atoms with Gasteiger partial charge in [0.05, 0.1) is 10.9 Å². The molecule has 0 radical (unpaired) electrons. The highest BCUT2D eigenvalue weighted by molar-refractivity contribution is 7.89. The van der Waals surface area contributed by atoms with Gasteiger partial charge in [0.15, 0.2) is 0 Å². The molecule has 8 heteroatoms. The summed E-state index contributed by atoms with van der Waals surface area (Å²) in [7, 11) is -3.93. The monoisotopic (exact) mass is 370 g/mol. The lowest BCUT2D eigenvalue weighted by molar-refractivity contribution is -0.117. The molecule has 2 aromatic rings. The molecule has 2 N–H and O–H groups in total. The fourth-order valence-electron chi connectivity index (χ4n) is 1.98. The van der Waals surface area contributed by atoms with Crippen molar-refractivity contribution in [3.63, 3.8) is 0 Å². The number of carbonyl (C=O) groups excluding carboxylic acids is 1. The number of carbonyl (C=O) groups is 1. The Bertz CT molecular complexity index is 854. The van der Waals surface area contributed by atoms with E-state index in [1.165, 1.54) is 6.92 Å². The van der Waals surface area contributed by atoms with E-state index in [4.69, 9.17) is 11.6 Å². The van der Waals surface area contributed by atoms with Gasteiger partial charge in [-0.2, -0.15) is 4.72 Å². The van der Waals surface area contributed by atoms with Crippen molar-refractivity contribution >= 4 is 33.2 Å². The van der Waals surface area contributed by atoms with Crippen LogP contribution in [-0.4, -0.2) is 20.4 Å². The van der Waals surface area contributed by atoms with Crippen LogP contribution in [0.15, 0.2) is 47.4 Å². The summed E-state index contributed by atoms with van der Waals surface area (Å²) >= 11 is 5.85. The van der Waals surface area contributed by atoms with Gasteiger partial charge in [0.25, 0.3) is 0 Å². The summed E-state index contributed by atoms with van der Waals surface area (Å²) in [5, 5.41) is 3.17. The molecule has 0 spiro atoms. The van der Waals surface area contributed by atoms with E-state index in [2.05, 4.69) is 10.0 Å². The second-order valence-electron chi connectivity index (χ2n) is 5.25. The zero-order valence-electron chi connectivity index (χ0n) is 13.0. The van der Waals surface area contributed by atoms with Crippen molar-refractivity contribution in [2.24, 2.45) is 0 Å². The third kappa shape index (κ3) is 4.53. The Morgan fingerprint density at radius 2 is 1.79 bits per heavy atom. The Hall–Kier alpha value is -1.96. The van der Waals surface area contributed by atoms with E-state index in [1.54, 1.807) is 25.1 Å². The predicted octanol–water partition coefficient (Wildman–Crippen LogP) is 3.09. The number of aryl methyl sites for hydroxylation is 1. The number of sulfonamides is 1. The van der Waals surface area contributed by atoms with Crippen molar-refractivity contribution < 1.29 is 17.6 Å². The van der Waals surface area contributed by atoms with E-state index in [-0.39, 0.29) is 4.90 Å². The number of benzene rings is 2. The molecule has 128 valence electrons. The van der Waals surface area contributed by atoms with Crippen molar-refractivity contribution in [2.45, 2.75) is 24.8 Å². The van der Waals surface area contributed by atoms with Crippen molar-refractivity contribution in [1.82, 2.24) is 4.72 Å². The van der Waals surface area contributed by atoms with E-state index in [0.717, 1.165) is 29.8 Å². The van der Waals surface area contributed by atoms with Gasteiger partial charge in [-0.3, -0.25) is 4.79 Å². The van der Waals surface area contributed by atoms with Crippen LogP contribution in [0.25, 0.3) is 0 Å². The Morgan fingerprint density at radius 1 is 1.17 bits per heavy atom. The van der Waals surface area contributed by atoms with Crippen molar-refractivity contribution in [2.75, 3.05) is 5.32 Å². The van der Waals surface area contributed by atoms with Gasteiger partial charge < -0.3 is 5.32 Å². The highest BCUT2D eigenvalue weighted by atomic mass is 35.5. The zero-order valence-corrected chi connectivity index (χ0v) is 14.6. The van der Waals surface area contributed by atoms with Crippen LogP contribution in [0.1, 0.15) is 12.5 Å². The molecule has 2 aromatic carbocycles. The minimum Gasteiger partial charge on any atom is -0.324 e. The van der Waals surface area contributed by atoms with Gasteiger partial charge in [0.1, 0.15) is 5.82 Å². The molecular weight excluding hydrogens is 355 g/mol. The van der Waals surface area contributed by atoms with Gasteiger partial charge in [-0.05, 0) is 61.9 Å². The number of nitrogens with one attached hydrogen (secondary N) is 2. The molecule has 0 aliphatic heterocycles. The van der Waals surface area contributed by atoms with Crippen molar-refractivity contribution in [3.05, 3.63) is 58.9 Å². The maximum absolute atomic E-state index is 12.9. The fraction of sp³-hybridized carbons (Fsp3) is 0.188. The largest absolute Gasteiger partial charge is 0.324 e. The molecule has 0 aliphatic carbocycles. The number of rotatable bonds is 5. The SMILES string of the molecule is Cc1cc(Cl)ccc1NC(=O)[C@@H](C)NS(=O)(=O)c1ccc(F)cc1. The van der Waals surface area contributed by atoms with Gasteiger partial charge in [-0.1, -0.05) is 11.6 Å². The van der Waals surface area contributed by atoms with Crippen LogP contribution in [0.4, 0.5) is 10.1 Å². The lowest BCUT2D eigenvalue weighted by Crippen LogP contribution is -2.41. The summed E-state index contributed by atoms with van der Waals surface area (Å²) in [6.07, 6.45) is 0. The molecule has 0 heterocycles. The number of halogens is 2. The molecule has 0 bridgehead atoms. The van der Waals surface area contributed by atoms with Gasteiger partial charge in [-0.15, -0.1) is 0 Å². The van der Waals surface area contributed by atoms with E-state index in [1.807, 2.05) is 0 Å². The summed E-state index contributed by atoms with van der Waals surface area (Å²) in [6.45, 7) is 3.19. The van der Waals surface area contributed by atoms with Crippen molar-refractivity contribution in [1.29, 1.82) is 0 Å². The summed E-state index contributed by atoms with van der Waals surface area (Å²) < 4.78 is 39.5. The standard InChI is InChI=1S/C16H16ClFN2O3S/c1-10-9-12(17)3-8-15(10)19-16(21)11(2)20-24(22,23)14-6-4-13(18)5-7-14/h3-9,11,20H,1-2H3,(H,19,21)/t11-/m1/s1. The molecule has 1 amide bonds. The van der Waals surface area contributed by atoms with Crippen LogP contribution in [0.2, 0.25) is 5.02 Å². The Kier molecular flexibility index (Phi) is 5.58. The second-order valence-corrected chi connectivity index (χ2v) is 7.40. The molecule has 0 fully saturated rings. The van der Waals surface area contributed by atoms with Crippen LogP contribution in [0.3, 0.4) is 0 Å². The average Bonchev–Trinajstić information content (AvgIpc) is 2.50. The number of hydrogen-bond acceptors (Lipinski definition) is 3. The summed E-state index contributed by atoms with van der Waals surface area (Å²) in [5.41, 5.74) is 1.29. The molecule has 24 heavy (non-hydrogen) atoms. The predicted molar refractivity (Wildman–Crippen MR) is 91.0 cm³/mol. The fourth-order valence-corrected chi connectivity index (χ4v) is 3.41. The van der Waals surface area contributed by atoms with E-state index >= 15 is 0 Å². The summed E-state index contributed by atoms with van der Waals surface area (Å²) in [4.78, 5) is 12.1. The first-order valence-corrected chi connectivity index (χ1v) is 8.90. The molecule has 0 aromatic heterocycles. The molecule has 0 unspecified atom stereocenters. The lowest BCUT2D eigenvalue weighted by atomic mass is 10.2. The molecule has 0 saturated carbocycles. The quantitative estimate of drug-likeness (QED) is 0.849. The van der Waals surface area contributed by atoms with Crippen LogP contribution in [-0.2, 0) is 14.8 Å². The summed E-state index contributed by atoms with van der Waals surface area (Å²) in [5.74, 6) is -1.07. The molecule has 1 atom stereocenters. The molecular formula is C16H16ClFN2O3S. The maximum atomic E-state index is 12.9. The van der Waals surface area contributed by atoms with Gasteiger partial charge in [0.2, 0.25) is 15.9 Å². The first kappa shape index (κ1) is 18.4. The normalized spacial score (nSPS) is 12.7. The third-order valence-corrected chi connectivity index (χ3v) is 5.09. The Labute approximate surface area is 144 Å². The average molecular weight is 371 g/mol. The van der Waals surface area contributed by atoms with E-state index < -0.39 is 27.8 Å². The van der Waals surface area contributed by atoms with Crippen LogP contribution < -0.4 is 10.0 Å². The van der Waals surface area contributed by atoms with Crippen LogP contribution in [0.5, 0.6) is 0 Å². The Morgan fingerprint density at radius 3 is 2.38 bits per heavy atom. The number of amides is 1. The molecule has 0 saturated heterocycles. The molecule has 5 nitrogen and oxygen atoms in total. The molecule has 0 aliphatic rings. The van der Waals surface area contributed by atoms with Gasteiger partial charge >= 0.3 is 0 Å². The minimum atomic E-state index is -3.93. The number of anilines is 1. The van der Waals surface area contributed by atoms with Gasteiger partial charge in [0, 0.05) is 10.7 Å². The maximum Gasteiger partial charge on any atom is 0.242 e. The van der Waals surface area contributed by atoms with Gasteiger partial charge in [-0.25, -0.2) is 12.8 Å². The molecule has 2 rings (SSSR count). The van der Waals surface area contributed by atoms with Crippen molar-refractivity contribution in [3.8, 4) is 0 Å². The highest BCUT2D eigenvalue weighted by Gasteiger charge is 2.22. The first-order valence-electron chi connectivity index (χ1n) is 7.04. The smallest absolute Gasteiger partial charge is 0.242 e. The number of hydrogen-bond donors (Lipinski definition) is 2. The van der Waals surface area contributed by atoms with E-state index in [0.29, 0.717) is 10.7 Å². The third-order valence-electron chi connectivity index (χ3n) is 3.30.